The Morgan fingerprint density at radius 2 is 1.46 bits per heavy atom. The number of hydrogen-bond acceptors (Lipinski definition) is 5. The van der Waals surface area contributed by atoms with Gasteiger partial charge in [0, 0.05) is 11.6 Å². The van der Waals surface area contributed by atoms with Gasteiger partial charge in [0.25, 0.3) is 0 Å². The maximum atomic E-state index is 12.4. The normalized spacial score (nSPS) is 12.3. The highest BCUT2D eigenvalue weighted by atomic mass is 32.2. The van der Waals surface area contributed by atoms with Crippen LogP contribution < -0.4 is 9.50 Å². The lowest BCUT2D eigenvalue weighted by Gasteiger charge is -2.13. The lowest BCUT2D eigenvalue weighted by molar-refractivity contribution is 0.0988. The topological polar surface area (TPSA) is 72.5 Å². The van der Waals surface area contributed by atoms with Crippen LogP contribution in [0, 0.1) is 0 Å². The van der Waals surface area contributed by atoms with Crippen LogP contribution in [-0.2, 0) is 10.1 Å². The molecule has 0 unspecified atom stereocenters. The van der Waals surface area contributed by atoms with Gasteiger partial charge in [-0.25, -0.2) is 0 Å². The Morgan fingerprint density at radius 3 is 2.07 bits per heavy atom. The Kier molecular flexibility index (Phi) is 6.23. The van der Waals surface area contributed by atoms with Gasteiger partial charge in [-0.15, -0.1) is 0 Å². The first kappa shape index (κ1) is 19.8. The summed E-state index contributed by atoms with van der Waals surface area (Å²) in [5.74, 6) is 0.0752. The van der Waals surface area contributed by atoms with Gasteiger partial charge in [-0.05, 0) is 48.9 Å². The molecular weight excluding hydrogens is 374 g/mol. The molecule has 0 aliphatic rings. The minimum atomic E-state index is -3.90. The van der Waals surface area contributed by atoms with Crippen LogP contribution >= 0.6 is 0 Å². The molecule has 1 N–H and O–H groups in total. The summed E-state index contributed by atoms with van der Waals surface area (Å²) in [6.45, 7) is 2.17. The Hall–Kier alpha value is -2.96. The summed E-state index contributed by atoms with van der Waals surface area (Å²) in [5.41, 5.74) is 1.59. The van der Waals surface area contributed by atoms with E-state index in [0.29, 0.717) is 5.56 Å². The average molecular weight is 395 g/mol. The van der Waals surface area contributed by atoms with E-state index in [2.05, 4.69) is 5.32 Å². The monoisotopic (exact) mass is 395 g/mol. The van der Waals surface area contributed by atoms with Gasteiger partial charge in [0.15, 0.2) is 5.78 Å². The number of hydrogen-bond donors (Lipinski definition) is 1. The molecule has 3 rings (SSSR count). The maximum Gasteiger partial charge on any atom is 0.339 e. The van der Waals surface area contributed by atoms with Gasteiger partial charge >= 0.3 is 10.1 Å². The van der Waals surface area contributed by atoms with Crippen molar-refractivity contribution >= 4 is 15.9 Å². The van der Waals surface area contributed by atoms with Gasteiger partial charge in [0.2, 0.25) is 0 Å². The van der Waals surface area contributed by atoms with E-state index in [1.54, 1.807) is 30.3 Å². The molecule has 1 atom stereocenters. The molecule has 0 saturated heterocycles. The number of nitrogens with one attached hydrogen (secondary N) is 1. The van der Waals surface area contributed by atoms with Crippen LogP contribution in [0.25, 0.3) is 0 Å². The third-order valence-corrected chi connectivity index (χ3v) is 5.54. The van der Waals surface area contributed by atoms with Crippen molar-refractivity contribution in [2.24, 2.45) is 0 Å². The zero-order valence-electron chi connectivity index (χ0n) is 15.4. The van der Waals surface area contributed by atoms with Gasteiger partial charge in [0.1, 0.15) is 10.6 Å². The number of ketones is 1. The largest absolute Gasteiger partial charge is 0.379 e. The van der Waals surface area contributed by atoms with E-state index in [1.165, 1.54) is 24.3 Å². The molecule has 0 amide bonds. The molecule has 0 radical (unpaired) electrons. The van der Waals surface area contributed by atoms with E-state index in [1.807, 2.05) is 37.3 Å². The highest BCUT2D eigenvalue weighted by Gasteiger charge is 2.16. The molecule has 0 spiro atoms. The van der Waals surface area contributed by atoms with Gasteiger partial charge in [-0.3, -0.25) is 4.79 Å². The molecule has 0 aliphatic heterocycles. The average Bonchev–Trinajstić information content (AvgIpc) is 2.73. The predicted octanol–water partition coefficient (Wildman–Crippen LogP) is 3.99. The third-order valence-electron chi connectivity index (χ3n) is 4.28. The van der Waals surface area contributed by atoms with Gasteiger partial charge in [-0.1, -0.05) is 48.5 Å². The Bertz CT molecular complexity index is 1020. The summed E-state index contributed by atoms with van der Waals surface area (Å²) in [7, 11) is -3.90. The number of carbonyl (C=O) groups excluding carboxylic acids is 1. The van der Waals surface area contributed by atoms with Crippen molar-refractivity contribution in [3.8, 4) is 5.75 Å². The molecule has 28 heavy (non-hydrogen) atoms. The summed E-state index contributed by atoms with van der Waals surface area (Å²) >= 11 is 0. The van der Waals surface area contributed by atoms with Crippen molar-refractivity contribution in [1.29, 1.82) is 0 Å². The number of benzene rings is 3. The van der Waals surface area contributed by atoms with E-state index in [-0.39, 0.29) is 29.0 Å². The SMILES string of the molecule is C[C@H](NCC(=O)c1ccc(OS(=O)(=O)c2ccccc2)cc1)c1ccccc1. The minimum Gasteiger partial charge on any atom is -0.379 e. The maximum absolute atomic E-state index is 12.4. The fraction of sp³-hybridized carbons (Fsp3) is 0.136. The van der Waals surface area contributed by atoms with Crippen LogP contribution in [0.4, 0.5) is 0 Å². The summed E-state index contributed by atoms with van der Waals surface area (Å²) in [6.07, 6.45) is 0. The van der Waals surface area contributed by atoms with Crippen LogP contribution in [0.5, 0.6) is 5.75 Å². The zero-order chi connectivity index (χ0) is 20.0. The highest BCUT2D eigenvalue weighted by molar-refractivity contribution is 7.87. The van der Waals surface area contributed by atoms with Crippen LogP contribution in [-0.4, -0.2) is 20.7 Å². The second-order valence-electron chi connectivity index (χ2n) is 6.31. The fourth-order valence-electron chi connectivity index (χ4n) is 2.67. The predicted molar refractivity (Wildman–Crippen MR) is 108 cm³/mol. The standard InChI is InChI=1S/C22H21NO4S/c1-17(18-8-4-2-5-9-18)23-16-22(24)19-12-14-20(15-13-19)27-28(25,26)21-10-6-3-7-11-21/h2-15,17,23H,16H2,1H3/t17-/m0/s1. The number of Topliss-reactive ketones (excluding diaryl/α,β-unsaturated/α-hetero) is 1. The van der Waals surface area contributed by atoms with E-state index in [4.69, 9.17) is 4.18 Å². The first-order valence-electron chi connectivity index (χ1n) is 8.87. The van der Waals surface area contributed by atoms with Crippen molar-refractivity contribution in [2.45, 2.75) is 17.9 Å². The van der Waals surface area contributed by atoms with Gasteiger partial charge in [0.05, 0.1) is 6.54 Å². The van der Waals surface area contributed by atoms with Crippen LogP contribution in [0.2, 0.25) is 0 Å². The van der Waals surface area contributed by atoms with E-state index >= 15 is 0 Å². The minimum absolute atomic E-state index is 0.0452. The molecule has 0 aromatic heterocycles. The molecule has 6 heteroatoms. The lowest BCUT2D eigenvalue weighted by atomic mass is 10.1. The first-order valence-corrected chi connectivity index (χ1v) is 10.3. The molecular formula is C22H21NO4S. The molecule has 3 aromatic rings. The second-order valence-corrected chi connectivity index (χ2v) is 7.86. The Balaban J connectivity index is 1.60. The third kappa shape index (κ3) is 5.06. The van der Waals surface area contributed by atoms with Gasteiger partial charge < -0.3 is 9.50 Å². The summed E-state index contributed by atoms with van der Waals surface area (Å²) in [4.78, 5) is 12.5. The zero-order valence-corrected chi connectivity index (χ0v) is 16.2. The fourth-order valence-corrected chi connectivity index (χ4v) is 3.62. The Labute approximate surface area is 165 Å². The summed E-state index contributed by atoms with van der Waals surface area (Å²) in [6, 6.07) is 23.9. The molecule has 144 valence electrons. The van der Waals surface area contributed by atoms with Crippen molar-refractivity contribution < 1.29 is 17.4 Å². The number of rotatable bonds is 8. The summed E-state index contributed by atoms with van der Waals surface area (Å²) < 4.78 is 29.6. The molecule has 5 nitrogen and oxygen atoms in total. The molecule has 0 bridgehead atoms. The quantitative estimate of drug-likeness (QED) is 0.461. The van der Waals surface area contributed by atoms with Crippen molar-refractivity contribution in [1.82, 2.24) is 5.32 Å². The van der Waals surface area contributed by atoms with Crippen LogP contribution in [0.3, 0.4) is 0 Å². The van der Waals surface area contributed by atoms with Gasteiger partial charge in [-0.2, -0.15) is 8.42 Å². The first-order chi connectivity index (χ1) is 13.5. The van der Waals surface area contributed by atoms with E-state index in [9.17, 15) is 13.2 Å². The molecule has 0 saturated carbocycles. The van der Waals surface area contributed by atoms with E-state index in [0.717, 1.165) is 5.56 Å². The van der Waals surface area contributed by atoms with Crippen molar-refractivity contribution in [3.05, 3.63) is 96.1 Å². The van der Waals surface area contributed by atoms with Crippen LogP contribution in [0.1, 0.15) is 28.9 Å². The summed E-state index contributed by atoms with van der Waals surface area (Å²) in [5, 5.41) is 3.19. The molecule has 0 aliphatic carbocycles. The second kappa shape index (κ2) is 8.82. The number of carbonyl (C=O) groups is 1. The molecule has 0 heterocycles. The lowest BCUT2D eigenvalue weighted by Crippen LogP contribution is -2.26. The molecule has 0 fully saturated rings. The van der Waals surface area contributed by atoms with Crippen molar-refractivity contribution in [3.63, 3.8) is 0 Å². The highest BCUT2D eigenvalue weighted by Crippen LogP contribution is 2.19. The van der Waals surface area contributed by atoms with E-state index < -0.39 is 10.1 Å². The molecule has 3 aromatic carbocycles. The smallest absolute Gasteiger partial charge is 0.339 e. The van der Waals surface area contributed by atoms with Crippen molar-refractivity contribution in [2.75, 3.05) is 6.54 Å². The Morgan fingerprint density at radius 1 is 0.893 bits per heavy atom. The van der Waals surface area contributed by atoms with Crippen LogP contribution in [0.15, 0.2) is 89.8 Å².